The Morgan fingerprint density at radius 3 is 2.57 bits per heavy atom. The fourth-order valence-electron chi connectivity index (χ4n) is 3.67. The van der Waals surface area contributed by atoms with Crippen molar-refractivity contribution in [3.8, 4) is 0 Å². The minimum atomic E-state index is -0.182. The minimum absolute atomic E-state index is 0.00562. The highest BCUT2D eigenvalue weighted by molar-refractivity contribution is 6.31. The van der Waals surface area contributed by atoms with Gasteiger partial charge in [0.2, 0.25) is 0 Å². The van der Waals surface area contributed by atoms with Crippen LogP contribution in [0.1, 0.15) is 29.2 Å². The molecule has 2 aromatic carbocycles. The number of ether oxygens (including phenoxy) is 1. The highest BCUT2D eigenvalue weighted by atomic mass is 35.5. The molecule has 1 saturated heterocycles. The number of amides is 1. The maximum absolute atomic E-state index is 13.1. The van der Waals surface area contributed by atoms with Crippen molar-refractivity contribution in [3.63, 3.8) is 0 Å². The number of morpholine rings is 1. The van der Waals surface area contributed by atoms with E-state index in [0.29, 0.717) is 31.2 Å². The Hall–Kier alpha value is -2.21. The molecule has 6 heteroatoms. The van der Waals surface area contributed by atoms with Crippen LogP contribution in [-0.4, -0.2) is 54.4 Å². The quantitative estimate of drug-likeness (QED) is 0.790. The number of halogens is 1. The maximum atomic E-state index is 13.1. The number of hydrogen-bond acceptors (Lipinski definition) is 4. The Balaban J connectivity index is 1.62. The molecular weight excluding hydrogens is 374 g/mol. The lowest BCUT2D eigenvalue weighted by atomic mass is 9.98. The molecule has 0 aliphatic carbocycles. The van der Waals surface area contributed by atoms with Crippen molar-refractivity contribution < 1.29 is 9.53 Å². The molecule has 2 aromatic rings. The number of nitrogens with zero attached hydrogens (tertiary/aromatic N) is 3. The van der Waals surface area contributed by atoms with E-state index in [9.17, 15) is 4.79 Å². The van der Waals surface area contributed by atoms with E-state index in [1.807, 2.05) is 24.3 Å². The molecule has 2 aliphatic rings. The summed E-state index contributed by atoms with van der Waals surface area (Å²) < 4.78 is 5.39. The molecule has 28 heavy (non-hydrogen) atoms. The van der Waals surface area contributed by atoms with Crippen LogP contribution in [0.3, 0.4) is 0 Å². The molecule has 1 amide bonds. The summed E-state index contributed by atoms with van der Waals surface area (Å²) in [5.74, 6) is -0.00562. The summed E-state index contributed by atoms with van der Waals surface area (Å²) in [4.78, 5) is 15.3. The first-order valence-electron chi connectivity index (χ1n) is 9.63. The summed E-state index contributed by atoms with van der Waals surface area (Å²) in [6, 6.07) is 15.8. The van der Waals surface area contributed by atoms with Crippen LogP contribution < -0.4 is 0 Å². The van der Waals surface area contributed by atoms with Gasteiger partial charge in [-0.3, -0.25) is 9.69 Å². The predicted octanol–water partition coefficient (Wildman–Crippen LogP) is 3.66. The monoisotopic (exact) mass is 397 g/mol. The van der Waals surface area contributed by atoms with Crippen LogP contribution in [-0.2, 0) is 9.53 Å². The normalized spacial score (nSPS) is 20.3. The highest BCUT2D eigenvalue weighted by Gasteiger charge is 2.34. The average Bonchev–Trinajstić information content (AvgIpc) is 3.15. The smallest absolute Gasteiger partial charge is 0.257 e. The second kappa shape index (κ2) is 8.43. The zero-order valence-corrected chi connectivity index (χ0v) is 16.7. The zero-order valence-electron chi connectivity index (χ0n) is 16.0. The van der Waals surface area contributed by atoms with Gasteiger partial charge in [-0.1, -0.05) is 59.6 Å². The van der Waals surface area contributed by atoms with E-state index in [-0.39, 0.29) is 11.9 Å². The fourth-order valence-corrected chi connectivity index (χ4v) is 3.93. The van der Waals surface area contributed by atoms with Gasteiger partial charge in [0, 0.05) is 24.5 Å². The van der Waals surface area contributed by atoms with E-state index >= 15 is 0 Å². The van der Waals surface area contributed by atoms with Crippen LogP contribution in [0, 0.1) is 6.92 Å². The third-order valence-corrected chi connectivity index (χ3v) is 5.62. The number of hydrogen-bond donors (Lipinski definition) is 0. The van der Waals surface area contributed by atoms with E-state index in [2.05, 4.69) is 36.1 Å². The number of hydrazone groups is 1. The van der Waals surface area contributed by atoms with Crippen molar-refractivity contribution in [1.82, 2.24) is 9.91 Å². The van der Waals surface area contributed by atoms with E-state index < -0.39 is 0 Å². The lowest BCUT2D eigenvalue weighted by Crippen LogP contribution is -2.43. The summed E-state index contributed by atoms with van der Waals surface area (Å²) >= 11 is 6.46. The molecule has 0 unspecified atom stereocenters. The molecular formula is C22H24ClN3O2. The number of benzene rings is 2. The number of rotatable bonds is 4. The minimum Gasteiger partial charge on any atom is -0.379 e. The van der Waals surface area contributed by atoms with E-state index in [4.69, 9.17) is 21.4 Å². The molecule has 1 atom stereocenters. The zero-order chi connectivity index (χ0) is 19.5. The topological polar surface area (TPSA) is 45.1 Å². The van der Waals surface area contributed by atoms with Crippen LogP contribution >= 0.6 is 11.6 Å². The van der Waals surface area contributed by atoms with Crippen molar-refractivity contribution in [2.45, 2.75) is 19.4 Å². The van der Waals surface area contributed by atoms with E-state index in [1.54, 1.807) is 5.01 Å². The number of aryl methyl sites for hydroxylation is 1. The molecule has 1 fully saturated rings. The molecule has 0 saturated carbocycles. The first kappa shape index (κ1) is 19.1. The summed E-state index contributed by atoms with van der Waals surface area (Å²) in [5.41, 5.74) is 4.10. The molecule has 5 nitrogen and oxygen atoms in total. The molecule has 146 valence electrons. The van der Waals surface area contributed by atoms with Crippen LogP contribution in [0.4, 0.5) is 0 Å². The third kappa shape index (κ3) is 4.12. The SMILES string of the molecule is Cc1ccc(C2=NN(C(=O)CN3CCOCC3)[C@@H](c3ccccc3Cl)C2)cc1. The molecule has 0 bridgehead atoms. The first-order valence-corrected chi connectivity index (χ1v) is 10.0. The van der Waals surface area contributed by atoms with Crippen molar-refractivity contribution in [1.29, 1.82) is 0 Å². The Morgan fingerprint density at radius 1 is 1.14 bits per heavy atom. The molecule has 4 rings (SSSR count). The lowest BCUT2D eigenvalue weighted by molar-refractivity contribution is -0.135. The third-order valence-electron chi connectivity index (χ3n) is 5.28. The van der Waals surface area contributed by atoms with Crippen molar-refractivity contribution in [2.75, 3.05) is 32.8 Å². The summed E-state index contributed by atoms with van der Waals surface area (Å²) in [7, 11) is 0. The second-order valence-electron chi connectivity index (χ2n) is 7.28. The maximum Gasteiger partial charge on any atom is 0.257 e. The van der Waals surface area contributed by atoms with Crippen LogP contribution in [0.25, 0.3) is 0 Å². The summed E-state index contributed by atoms with van der Waals surface area (Å²) in [6.45, 7) is 5.27. The van der Waals surface area contributed by atoms with Gasteiger partial charge in [0.25, 0.3) is 5.91 Å². The van der Waals surface area contributed by atoms with Crippen LogP contribution in [0.15, 0.2) is 53.6 Å². The van der Waals surface area contributed by atoms with Crippen LogP contribution in [0.2, 0.25) is 5.02 Å². The molecule has 2 heterocycles. The predicted molar refractivity (Wildman–Crippen MR) is 111 cm³/mol. The van der Waals surface area contributed by atoms with Gasteiger partial charge in [-0.25, -0.2) is 5.01 Å². The number of carbonyl (C=O) groups is 1. The first-order chi connectivity index (χ1) is 13.6. The van der Waals surface area contributed by atoms with Gasteiger partial charge >= 0.3 is 0 Å². The summed E-state index contributed by atoms with van der Waals surface area (Å²) in [5, 5.41) is 7.03. The Bertz CT molecular complexity index is 876. The summed E-state index contributed by atoms with van der Waals surface area (Å²) in [6.07, 6.45) is 0.654. The van der Waals surface area contributed by atoms with Gasteiger partial charge in [-0.05, 0) is 24.1 Å². The molecule has 0 radical (unpaired) electrons. The van der Waals surface area contributed by atoms with Gasteiger partial charge in [0.1, 0.15) is 0 Å². The molecule has 2 aliphatic heterocycles. The van der Waals surface area contributed by atoms with Crippen LogP contribution in [0.5, 0.6) is 0 Å². The van der Waals surface area contributed by atoms with Gasteiger partial charge in [0.05, 0.1) is 31.5 Å². The standard InChI is InChI=1S/C22H24ClN3O2/c1-16-6-8-17(9-7-16)20-14-21(18-4-2-3-5-19(18)23)26(24-20)22(27)15-25-10-12-28-13-11-25/h2-9,21H,10-15H2,1H3/t21-/m1/s1. The van der Waals surface area contributed by atoms with Crippen molar-refractivity contribution in [2.24, 2.45) is 5.10 Å². The largest absolute Gasteiger partial charge is 0.379 e. The number of carbonyl (C=O) groups excluding carboxylic acids is 1. The van der Waals surface area contributed by atoms with E-state index in [0.717, 1.165) is 29.9 Å². The van der Waals surface area contributed by atoms with Gasteiger partial charge in [-0.15, -0.1) is 0 Å². The van der Waals surface area contributed by atoms with Gasteiger partial charge < -0.3 is 4.74 Å². The second-order valence-corrected chi connectivity index (χ2v) is 7.69. The average molecular weight is 398 g/mol. The Kier molecular flexibility index (Phi) is 5.76. The van der Waals surface area contributed by atoms with Crippen molar-refractivity contribution >= 4 is 23.2 Å². The Labute approximate surface area is 170 Å². The van der Waals surface area contributed by atoms with E-state index in [1.165, 1.54) is 5.56 Å². The Morgan fingerprint density at radius 2 is 1.86 bits per heavy atom. The molecule has 0 spiro atoms. The van der Waals surface area contributed by atoms with Gasteiger partial charge in [-0.2, -0.15) is 5.10 Å². The molecule has 0 N–H and O–H groups in total. The van der Waals surface area contributed by atoms with Gasteiger partial charge in [0.15, 0.2) is 0 Å². The lowest BCUT2D eigenvalue weighted by Gasteiger charge is -2.29. The highest BCUT2D eigenvalue weighted by Crippen LogP contribution is 2.36. The molecule has 0 aromatic heterocycles. The fraction of sp³-hybridized carbons (Fsp3) is 0.364. The van der Waals surface area contributed by atoms with Crippen molar-refractivity contribution in [3.05, 3.63) is 70.2 Å².